The number of allylic oxidation sites excluding steroid dienone is 1. The number of hydrogen-bond acceptors (Lipinski definition) is 6. The number of aromatic nitrogens is 3. The molecule has 0 unspecified atom stereocenters. The minimum Gasteiger partial charge on any atom is -0.361 e. The number of rotatable bonds is 6. The molecule has 0 atom stereocenters. The lowest BCUT2D eigenvalue weighted by Gasteiger charge is -2.30. The predicted octanol–water partition coefficient (Wildman–Crippen LogP) is 3.36. The number of nitrogens with zero attached hydrogens (tertiary/aromatic N) is 5. The molecule has 158 valence electrons. The third kappa shape index (κ3) is 5.20. The van der Waals surface area contributed by atoms with Crippen LogP contribution in [0.25, 0.3) is 10.7 Å². The topological polar surface area (TPSA) is 74.2 Å². The SMILES string of the molecule is O=C(Cc1csc(-c2cnccn2)n1)N1CCCN1C(=S)NCCC1=CCCCC1. The number of amides is 1. The lowest BCUT2D eigenvalue weighted by Crippen LogP contribution is -2.49. The summed E-state index contributed by atoms with van der Waals surface area (Å²) in [5.74, 6) is 0.0163. The Morgan fingerprint density at radius 1 is 1.20 bits per heavy atom. The van der Waals surface area contributed by atoms with Gasteiger partial charge < -0.3 is 5.32 Å². The molecule has 1 fully saturated rings. The molecule has 9 heteroatoms. The first-order valence-corrected chi connectivity index (χ1v) is 11.7. The molecule has 0 spiro atoms. The van der Waals surface area contributed by atoms with E-state index in [4.69, 9.17) is 12.2 Å². The number of carbonyl (C=O) groups is 1. The fourth-order valence-electron chi connectivity index (χ4n) is 3.80. The normalized spacial score (nSPS) is 16.5. The minimum absolute atomic E-state index is 0.0163. The van der Waals surface area contributed by atoms with Crippen LogP contribution in [0.15, 0.2) is 35.6 Å². The molecular formula is C21H26N6OS2. The van der Waals surface area contributed by atoms with Crippen LogP contribution in [0.1, 0.15) is 44.2 Å². The van der Waals surface area contributed by atoms with Crippen molar-refractivity contribution in [3.8, 4) is 10.7 Å². The van der Waals surface area contributed by atoms with Crippen molar-refractivity contribution in [3.63, 3.8) is 0 Å². The van der Waals surface area contributed by atoms with Gasteiger partial charge in [0.25, 0.3) is 0 Å². The molecule has 30 heavy (non-hydrogen) atoms. The molecule has 0 radical (unpaired) electrons. The van der Waals surface area contributed by atoms with Gasteiger partial charge in [0.05, 0.1) is 18.3 Å². The van der Waals surface area contributed by atoms with E-state index in [0.717, 1.165) is 42.3 Å². The Balaban J connectivity index is 1.30. The fourth-order valence-corrected chi connectivity index (χ4v) is 4.87. The van der Waals surface area contributed by atoms with E-state index in [0.29, 0.717) is 11.7 Å². The molecule has 1 N–H and O–H groups in total. The van der Waals surface area contributed by atoms with Crippen LogP contribution in [-0.4, -0.2) is 55.6 Å². The second-order valence-corrected chi connectivity index (χ2v) is 8.74. The van der Waals surface area contributed by atoms with Crippen LogP contribution in [-0.2, 0) is 11.2 Å². The number of nitrogens with one attached hydrogen (secondary N) is 1. The Kier molecular flexibility index (Phi) is 7.01. The molecule has 3 heterocycles. The van der Waals surface area contributed by atoms with Crippen LogP contribution in [0.3, 0.4) is 0 Å². The van der Waals surface area contributed by atoms with Crippen molar-refractivity contribution in [1.82, 2.24) is 30.3 Å². The van der Waals surface area contributed by atoms with E-state index in [1.54, 1.807) is 23.6 Å². The molecule has 7 nitrogen and oxygen atoms in total. The molecule has 2 aromatic heterocycles. The second-order valence-electron chi connectivity index (χ2n) is 7.50. The third-order valence-corrected chi connectivity index (χ3v) is 6.60. The number of hydrogen-bond donors (Lipinski definition) is 1. The van der Waals surface area contributed by atoms with E-state index in [9.17, 15) is 4.79 Å². The summed E-state index contributed by atoms with van der Waals surface area (Å²) in [5, 5.41) is 10.3. The lowest BCUT2D eigenvalue weighted by molar-refractivity contribution is -0.138. The Morgan fingerprint density at radius 3 is 2.90 bits per heavy atom. The Labute approximate surface area is 186 Å². The highest BCUT2D eigenvalue weighted by Crippen LogP contribution is 2.22. The molecule has 4 rings (SSSR count). The van der Waals surface area contributed by atoms with Crippen molar-refractivity contribution in [3.05, 3.63) is 41.3 Å². The highest BCUT2D eigenvalue weighted by molar-refractivity contribution is 7.80. The number of carbonyl (C=O) groups excluding carboxylic acids is 1. The summed E-state index contributed by atoms with van der Waals surface area (Å²) in [6.07, 6.45) is 14.5. The van der Waals surface area contributed by atoms with Gasteiger partial charge in [0.2, 0.25) is 5.91 Å². The molecule has 0 bridgehead atoms. The maximum atomic E-state index is 12.9. The van der Waals surface area contributed by atoms with E-state index in [2.05, 4.69) is 26.3 Å². The van der Waals surface area contributed by atoms with Crippen LogP contribution in [0, 0.1) is 0 Å². The molecule has 1 saturated heterocycles. The van der Waals surface area contributed by atoms with Gasteiger partial charge in [-0.15, -0.1) is 11.3 Å². The summed E-state index contributed by atoms with van der Waals surface area (Å²) in [6.45, 7) is 2.27. The molecule has 0 aromatic carbocycles. The van der Waals surface area contributed by atoms with Crippen LogP contribution in [0.2, 0.25) is 0 Å². The van der Waals surface area contributed by atoms with Gasteiger partial charge in [-0.25, -0.2) is 4.98 Å². The third-order valence-electron chi connectivity index (χ3n) is 5.33. The highest BCUT2D eigenvalue weighted by Gasteiger charge is 2.29. The average Bonchev–Trinajstić information content (AvgIpc) is 3.45. The predicted molar refractivity (Wildman–Crippen MR) is 122 cm³/mol. The summed E-state index contributed by atoms with van der Waals surface area (Å²) in [6, 6.07) is 0. The summed E-state index contributed by atoms with van der Waals surface area (Å²) < 4.78 is 0. The van der Waals surface area contributed by atoms with Gasteiger partial charge in [0, 0.05) is 37.4 Å². The van der Waals surface area contributed by atoms with Crippen LogP contribution in [0.5, 0.6) is 0 Å². The summed E-state index contributed by atoms with van der Waals surface area (Å²) in [4.78, 5) is 25.8. The van der Waals surface area contributed by atoms with Gasteiger partial charge in [-0.3, -0.25) is 24.8 Å². The second kappa shape index (κ2) is 10.1. The zero-order valence-corrected chi connectivity index (χ0v) is 18.6. The zero-order valence-electron chi connectivity index (χ0n) is 16.9. The average molecular weight is 443 g/mol. The Morgan fingerprint density at radius 2 is 2.10 bits per heavy atom. The molecule has 0 saturated carbocycles. The molecular weight excluding hydrogens is 416 g/mol. The van der Waals surface area contributed by atoms with Gasteiger partial charge in [-0.1, -0.05) is 11.6 Å². The molecule has 2 aliphatic rings. The monoisotopic (exact) mass is 442 g/mol. The molecule has 1 amide bonds. The van der Waals surface area contributed by atoms with E-state index in [-0.39, 0.29) is 12.3 Å². The lowest BCUT2D eigenvalue weighted by atomic mass is 9.97. The highest BCUT2D eigenvalue weighted by atomic mass is 32.1. The number of thiazole rings is 1. The first-order chi connectivity index (χ1) is 14.7. The zero-order chi connectivity index (χ0) is 20.8. The largest absolute Gasteiger partial charge is 0.361 e. The van der Waals surface area contributed by atoms with Gasteiger partial charge in [0.15, 0.2) is 5.11 Å². The molecule has 1 aliphatic heterocycles. The van der Waals surface area contributed by atoms with Gasteiger partial charge in [-0.2, -0.15) is 0 Å². The van der Waals surface area contributed by atoms with Gasteiger partial charge in [0.1, 0.15) is 10.7 Å². The maximum absolute atomic E-state index is 12.9. The van der Waals surface area contributed by atoms with Crippen LogP contribution >= 0.6 is 23.6 Å². The number of thiocarbonyl (C=S) groups is 1. The van der Waals surface area contributed by atoms with Crippen molar-refractivity contribution in [2.75, 3.05) is 19.6 Å². The van der Waals surface area contributed by atoms with E-state index in [1.807, 2.05) is 10.4 Å². The van der Waals surface area contributed by atoms with Gasteiger partial charge >= 0.3 is 0 Å². The minimum atomic E-state index is 0.0163. The summed E-state index contributed by atoms with van der Waals surface area (Å²) >= 11 is 7.06. The van der Waals surface area contributed by atoms with Crippen LogP contribution < -0.4 is 5.32 Å². The molecule has 1 aliphatic carbocycles. The Hall–Kier alpha value is -2.39. The fraction of sp³-hybridized carbons (Fsp3) is 0.476. The van der Waals surface area contributed by atoms with Crippen molar-refractivity contribution in [2.45, 2.75) is 44.9 Å². The Bertz CT molecular complexity index is 913. The van der Waals surface area contributed by atoms with Crippen molar-refractivity contribution < 1.29 is 4.79 Å². The first-order valence-electron chi connectivity index (χ1n) is 10.4. The van der Waals surface area contributed by atoms with E-state index in [1.165, 1.54) is 42.6 Å². The maximum Gasteiger partial charge on any atom is 0.247 e. The van der Waals surface area contributed by atoms with E-state index >= 15 is 0 Å². The van der Waals surface area contributed by atoms with Gasteiger partial charge in [-0.05, 0) is 50.7 Å². The summed E-state index contributed by atoms with van der Waals surface area (Å²) in [7, 11) is 0. The standard InChI is InChI=1S/C21H26N6OS2/c28-19(13-17-15-30-20(25-17)18-14-22-9-10-23-18)26-11-4-12-27(26)21(29)24-8-7-16-5-2-1-3-6-16/h5,9-10,14-15H,1-4,6-8,11-13H2,(H,24,29). The van der Waals surface area contributed by atoms with E-state index < -0.39 is 0 Å². The van der Waals surface area contributed by atoms with Crippen molar-refractivity contribution in [2.24, 2.45) is 0 Å². The summed E-state index contributed by atoms with van der Waals surface area (Å²) in [5.41, 5.74) is 3.00. The molecule has 2 aromatic rings. The quantitative estimate of drug-likeness (QED) is 0.543. The van der Waals surface area contributed by atoms with Crippen molar-refractivity contribution >= 4 is 34.6 Å². The van der Waals surface area contributed by atoms with Crippen LogP contribution in [0.4, 0.5) is 0 Å². The first kappa shape index (κ1) is 20.9. The smallest absolute Gasteiger partial charge is 0.247 e. The number of hydrazine groups is 1. The van der Waals surface area contributed by atoms with Crippen molar-refractivity contribution in [1.29, 1.82) is 0 Å².